The summed E-state index contributed by atoms with van der Waals surface area (Å²) < 4.78 is 18.8. The van der Waals surface area contributed by atoms with Crippen LogP contribution in [0.25, 0.3) is 0 Å². The molecule has 1 aromatic carbocycles. The van der Waals surface area contributed by atoms with Crippen molar-refractivity contribution in [3.63, 3.8) is 0 Å². The molecule has 4 nitrogen and oxygen atoms in total. The summed E-state index contributed by atoms with van der Waals surface area (Å²) in [5.41, 5.74) is 6.65. The Hall–Kier alpha value is -1.46. The van der Waals surface area contributed by atoms with Gasteiger partial charge < -0.3 is 10.5 Å². The second-order valence-corrected chi connectivity index (χ2v) is 4.69. The Morgan fingerprint density at radius 3 is 2.94 bits per heavy atom. The molecule has 1 aliphatic heterocycles. The average molecular weight is 251 g/mol. The standard InChI is InChI=1S/C13H18FN3O/c1-17(12-2-3-18-8-12)7-9-4-10(13(15)16)6-11(14)5-9/h4-6,12H,2-3,7-8H2,1H3,(H3,15,16). The first kappa shape index (κ1) is 13.0. The van der Waals surface area contributed by atoms with Gasteiger partial charge in [-0.3, -0.25) is 10.3 Å². The lowest BCUT2D eigenvalue weighted by Gasteiger charge is -2.23. The molecule has 0 spiro atoms. The van der Waals surface area contributed by atoms with Crippen LogP contribution in [0.1, 0.15) is 17.5 Å². The number of nitrogens with two attached hydrogens (primary N) is 1. The lowest BCUT2D eigenvalue weighted by molar-refractivity contribution is 0.156. The molecule has 5 heteroatoms. The SMILES string of the molecule is CN(Cc1cc(F)cc(C(=N)N)c1)C1CCOC1. The first-order valence-corrected chi connectivity index (χ1v) is 5.98. The van der Waals surface area contributed by atoms with Gasteiger partial charge in [0.05, 0.1) is 6.61 Å². The number of rotatable bonds is 4. The van der Waals surface area contributed by atoms with E-state index >= 15 is 0 Å². The number of nitrogens with one attached hydrogen (secondary N) is 1. The van der Waals surface area contributed by atoms with Gasteiger partial charge in [-0.1, -0.05) is 0 Å². The smallest absolute Gasteiger partial charge is 0.124 e. The van der Waals surface area contributed by atoms with Crippen LogP contribution in [0.15, 0.2) is 18.2 Å². The Balaban J connectivity index is 2.10. The highest BCUT2D eigenvalue weighted by Gasteiger charge is 2.20. The molecule has 0 saturated carbocycles. The van der Waals surface area contributed by atoms with E-state index in [1.54, 1.807) is 6.07 Å². The molecular weight excluding hydrogens is 233 g/mol. The van der Waals surface area contributed by atoms with Crippen molar-refractivity contribution in [3.05, 3.63) is 35.1 Å². The summed E-state index contributed by atoms with van der Waals surface area (Å²) in [6, 6.07) is 4.91. The van der Waals surface area contributed by atoms with Crippen molar-refractivity contribution in [3.8, 4) is 0 Å². The van der Waals surface area contributed by atoms with Gasteiger partial charge in [0.1, 0.15) is 11.7 Å². The molecule has 1 fully saturated rings. The van der Waals surface area contributed by atoms with E-state index in [9.17, 15) is 4.39 Å². The van der Waals surface area contributed by atoms with Gasteiger partial charge in [0.2, 0.25) is 0 Å². The molecule has 1 aromatic rings. The molecule has 1 aliphatic rings. The molecule has 3 N–H and O–H groups in total. The van der Waals surface area contributed by atoms with Gasteiger partial charge >= 0.3 is 0 Å². The second kappa shape index (κ2) is 5.46. The van der Waals surface area contributed by atoms with Crippen LogP contribution in [-0.2, 0) is 11.3 Å². The minimum Gasteiger partial charge on any atom is -0.384 e. The largest absolute Gasteiger partial charge is 0.384 e. The monoisotopic (exact) mass is 251 g/mol. The average Bonchev–Trinajstić information content (AvgIpc) is 2.81. The predicted octanol–water partition coefficient (Wildman–Crippen LogP) is 1.33. The number of nitrogen functional groups attached to an aromatic ring is 1. The third-order valence-electron chi connectivity index (χ3n) is 3.23. The van der Waals surface area contributed by atoms with Crippen molar-refractivity contribution in [2.45, 2.75) is 19.0 Å². The normalized spacial score (nSPS) is 19.4. The summed E-state index contributed by atoms with van der Waals surface area (Å²) in [6.07, 6.45) is 1.01. The minimum absolute atomic E-state index is 0.109. The minimum atomic E-state index is -0.353. The summed E-state index contributed by atoms with van der Waals surface area (Å²) in [7, 11) is 2.00. The first-order valence-electron chi connectivity index (χ1n) is 5.98. The van der Waals surface area contributed by atoms with Crippen molar-refractivity contribution in [1.82, 2.24) is 4.90 Å². The highest BCUT2D eigenvalue weighted by Crippen LogP contribution is 2.16. The van der Waals surface area contributed by atoms with E-state index in [2.05, 4.69) is 4.90 Å². The van der Waals surface area contributed by atoms with E-state index in [0.29, 0.717) is 18.2 Å². The lowest BCUT2D eigenvalue weighted by Crippen LogP contribution is -2.31. The van der Waals surface area contributed by atoms with Gasteiger partial charge in [0, 0.05) is 24.8 Å². The molecule has 0 radical (unpaired) electrons. The topological polar surface area (TPSA) is 62.3 Å². The van der Waals surface area contributed by atoms with E-state index in [4.69, 9.17) is 15.9 Å². The second-order valence-electron chi connectivity index (χ2n) is 4.69. The number of amidine groups is 1. The molecule has 18 heavy (non-hydrogen) atoms. The molecule has 0 bridgehead atoms. The van der Waals surface area contributed by atoms with Gasteiger partial charge in [0.15, 0.2) is 0 Å². The van der Waals surface area contributed by atoms with Crippen LogP contribution in [0.3, 0.4) is 0 Å². The number of hydrogen-bond donors (Lipinski definition) is 2. The maximum absolute atomic E-state index is 13.4. The maximum atomic E-state index is 13.4. The van der Waals surface area contributed by atoms with E-state index in [1.165, 1.54) is 12.1 Å². The van der Waals surface area contributed by atoms with E-state index < -0.39 is 0 Å². The van der Waals surface area contributed by atoms with Gasteiger partial charge in [-0.2, -0.15) is 0 Å². The fourth-order valence-corrected chi connectivity index (χ4v) is 2.18. The van der Waals surface area contributed by atoms with Crippen LogP contribution in [0.2, 0.25) is 0 Å². The summed E-state index contributed by atoms with van der Waals surface area (Å²) in [6.45, 7) is 2.15. The molecule has 1 saturated heterocycles. The third kappa shape index (κ3) is 3.05. The van der Waals surface area contributed by atoms with Crippen LogP contribution < -0.4 is 5.73 Å². The van der Waals surface area contributed by atoms with Gasteiger partial charge in [-0.15, -0.1) is 0 Å². The Bertz CT molecular complexity index is 444. The van der Waals surface area contributed by atoms with E-state index in [-0.39, 0.29) is 11.7 Å². The summed E-state index contributed by atoms with van der Waals surface area (Å²) in [4.78, 5) is 2.14. The highest BCUT2D eigenvalue weighted by molar-refractivity contribution is 5.95. The van der Waals surface area contributed by atoms with E-state index in [1.807, 2.05) is 7.05 Å². The first-order chi connectivity index (χ1) is 8.56. The number of ether oxygens (including phenoxy) is 1. The van der Waals surface area contributed by atoms with Crippen LogP contribution in [0.5, 0.6) is 0 Å². The van der Waals surface area contributed by atoms with Crippen molar-refractivity contribution in [1.29, 1.82) is 5.41 Å². The number of likely N-dealkylation sites (N-methyl/N-ethyl adjacent to an activating group) is 1. The fraction of sp³-hybridized carbons (Fsp3) is 0.462. The molecule has 1 heterocycles. The van der Waals surface area contributed by atoms with Crippen molar-refractivity contribution in [2.75, 3.05) is 20.3 Å². The van der Waals surface area contributed by atoms with Crippen molar-refractivity contribution in [2.24, 2.45) is 5.73 Å². The van der Waals surface area contributed by atoms with E-state index in [0.717, 1.165) is 25.2 Å². The molecule has 0 aromatic heterocycles. The fourth-order valence-electron chi connectivity index (χ4n) is 2.18. The quantitative estimate of drug-likeness (QED) is 0.627. The zero-order chi connectivity index (χ0) is 13.1. The summed E-state index contributed by atoms with van der Waals surface area (Å²) in [5.74, 6) is -0.462. The van der Waals surface area contributed by atoms with Crippen LogP contribution in [0, 0.1) is 11.2 Å². The zero-order valence-corrected chi connectivity index (χ0v) is 10.4. The molecule has 1 atom stereocenters. The van der Waals surface area contributed by atoms with Crippen LogP contribution in [-0.4, -0.2) is 37.0 Å². The van der Waals surface area contributed by atoms with Crippen molar-refractivity contribution >= 4 is 5.84 Å². The zero-order valence-electron chi connectivity index (χ0n) is 10.4. The van der Waals surface area contributed by atoms with Gasteiger partial charge in [-0.05, 0) is 37.2 Å². The van der Waals surface area contributed by atoms with Crippen molar-refractivity contribution < 1.29 is 9.13 Å². The Labute approximate surface area is 106 Å². The maximum Gasteiger partial charge on any atom is 0.124 e. The molecule has 98 valence electrons. The Morgan fingerprint density at radius 1 is 1.56 bits per heavy atom. The third-order valence-corrected chi connectivity index (χ3v) is 3.23. The molecule has 2 rings (SSSR count). The summed E-state index contributed by atoms with van der Waals surface area (Å²) >= 11 is 0. The lowest BCUT2D eigenvalue weighted by atomic mass is 10.1. The van der Waals surface area contributed by atoms with Gasteiger partial charge in [-0.25, -0.2) is 4.39 Å². The molecule has 0 amide bonds. The number of nitrogens with zero attached hydrogens (tertiary/aromatic N) is 1. The Morgan fingerprint density at radius 2 is 2.33 bits per heavy atom. The van der Waals surface area contributed by atoms with Crippen LogP contribution in [0.4, 0.5) is 4.39 Å². The molecule has 0 aliphatic carbocycles. The number of hydrogen-bond acceptors (Lipinski definition) is 3. The van der Waals surface area contributed by atoms with Gasteiger partial charge in [0.25, 0.3) is 0 Å². The summed E-state index contributed by atoms with van der Waals surface area (Å²) in [5, 5.41) is 7.36. The predicted molar refractivity (Wildman–Crippen MR) is 68.1 cm³/mol. The molecular formula is C13H18FN3O. The van der Waals surface area contributed by atoms with Crippen LogP contribution >= 0.6 is 0 Å². The number of halogens is 1. The number of benzene rings is 1. The Kier molecular flexibility index (Phi) is 3.93. The highest BCUT2D eigenvalue weighted by atomic mass is 19.1. The molecule has 1 unspecified atom stereocenters.